The van der Waals surface area contributed by atoms with Crippen LogP contribution in [0, 0.1) is 12.8 Å². The second kappa shape index (κ2) is 3.96. The molecule has 0 aromatic carbocycles. The third-order valence-corrected chi connectivity index (χ3v) is 4.59. The monoisotopic (exact) mass is 266 g/mol. The molecule has 1 fully saturated rings. The summed E-state index contributed by atoms with van der Waals surface area (Å²) in [5.41, 5.74) is 7.85. The van der Waals surface area contributed by atoms with E-state index >= 15 is 0 Å². The van der Waals surface area contributed by atoms with Crippen LogP contribution in [-0.2, 0) is 0 Å². The quantitative estimate of drug-likeness (QED) is 0.896. The molecule has 0 spiro atoms. The first-order valence-corrected chi connectivity index (χ1v) is 7.24. The number of nitrogens with one attached hydrogen (secondary N) is 1. The second-order valence-corrected chi connectivity index (χ2v) is 6.32. The summed E-state index contributed by atoms with van der Waals surface area (Å²) in [4.78, 5) is 4.49. The van der Waals surface area contributed by atoms with E-state index in [0.29, 0.717) is 11.9 Å². The molecule has 0 radical (unpaired) electrons. The lowest BCUT2D eigenvalue weighted by molar-refractivity contribution is 0.932. The van der Waals surface area contributed by atoms with Crippen molar-refractivity contribution < 1.29 is 0 Å². The fourth-order valence-electron chi connectivity index (χ4n) is 1.82. The van der Waals surface area contributed by atoms with E-state index in [-0.39, 0.29) is 0 Å². The van der Waals surface area contributed by atoms with E-state index in [4.69, 9.17) is 5.73 Å². The smallest absolute Gasteiger partial charge is 0.148 e. The number of aromatic nitrogens is 2. The molecular formula is C11H14N4S2. The molecule has 0 aliphatic heterocycles. The molecular weight excluding hydrogens is 252 g/mol. The Morgan fingerprint density at radius 1 is 1.53 bits per heavy atom. The number of hydrogen-bond acceptors (Lipinski definition) is 6. The minimum absolute atomic E-state index is 0.577. The third kappa shape index (κ3) is 2.02. The van der Waals surface area contributed by atoms with Crippen LogP contribution in [0.25, 0.3) is 11.3 Å². The number of thiazole rings is 1. The first-order valence-electron chi connectivity index (χ1n) is 5.59. The molecule has 3 rings (SSSR count). The molecule has 1 aliphatic rings. The zero-order valence-electron chi connectivity index (χ0n) is 9.73. The SMILES string of the molecule is Cc1nc(-c2c(N)nsc2NC2CC2C)cs1. The molecule has 2 unspecified atom stereocenters. The maximum absolute atomic E-state index is 5.94. The molecule has 1 aliphatic carbocycles. The summed E-state index contributed by atoms with van der Waals surface area (Å²) in [6.07, 6.45) is 1.23. The standard InChI is InChI=1S/C11H14N4S2/c1-5-3-7(5)14-11-9(10(12)15-17-11)8-4-16-6(2)13-8/h4-5,7,14H,3H2,1-2H3,(H2,12,15). The van der Waals surface area contributed by atoms with Gasteiger partial charge in [0.25, 0.3) is 0 Å². The summed E-state index contributed by atoms with van der Waals surface area (Å²) >= 11 is 3.07. The van der Waals surface area contributed by atoms with Crippen molar-refractivity contribution >= 4 is 33.7 Å². The van der Waals surface area contributed by atoms with Crippen LogP contribution in [-0.4, -0.2) is 15.4 Å². The predicted molar refractivity (Wildman–Crippen MR) is 73.6 cm³/mol. The predicted octanol–water partition coefficient (Wildman–Crippen LogP) is 2.98. The third-order valence-electron chi connectivity index (χ3n) is 3.02. The van der Waals surface area contributed by atoms with Crippen molar-refractivity contribution in [1.29, 1.82) is 0 Å². The Labute approximate surface area is 108 Å². The molecule has 0 bridgehead atoms. The van der Waals surface area contributed by atoms with Gasteiger partial charge in [-0.2, -0.15) is 4.37 Å². The van der Waals surface area contributed by atoms with Gasteiger partial charge in [0.05, 0.1) is 16.3 Å². The molecule has 3 N–H and O–H groups in total. The van der Waals surface area contributed by atoms with Crippen LogP contribution in [0.15, 0.2) is 5.38 Å². The van der Waals surface area contributed by atoms with Gasteiger partial charge in [0.15, 0.2) is 0 Å². The minimum atomic E-state index is 0.577. The van der Waals surface area contributed by atoms with Gasteiger partial charge in [-0.3, -0.25) is 0 Å². The molecule has 0 amide bonds. The average Bonchev–Trinajstić information content (AvgIpc) is 2.68. The fourth-order valence-corrected chi connectivity index (χ4v) is 3.21. The Balaban J connectivity index is 1.94. The molecule has 17 heavy (non-hydrogen) atoms. The van der Waals surface area contributed by atoms with Gasteiger partial charge in [0.1, 0.15) is 10.8 Å². The highest BCUT2D eigenvalue weighted by Gasteiger charge is 2.34. The van der Waals surface area contributed by atoms with E-state index < -0.39 is 0 Å². The van der Waals surface area contributed by atoms with Crippen molar-refractivity contribution in [3.63, 3.8) is 0 Å². The minimum Gasteiger partial charge on any atom is -0.382 e. The Bertz CT molecular complexity index is 545. The van der Waals surface area contributed by atoms with Crippen LogP contribution >= 0.6 is 22.9 Å². The van der Waals surface area contributed by atoms with Crippen LogP contribution in [0.5, 0.6) is 0 Å². The zero-order valence-corrected chi connectivity index (χ0v) is 11.4. The summed E-state index contributed by atoms with van der Waals surface area (Å²) < 4.78 is 4.23. The van der Waals surface area contributed by atoms with E-state index in [0.717, 1.165) is 27.2 Å². The van der Waals surface area contributed by atoms with Crippen molar-refractivity contribution in [3.05, 3.63) is 10.4 Å². The average molecular weight is 266 g/mol. The summed E-state index contributed by atoms with van der Waals surface area (Å²) in [7, 11) is 0. The molecule has 2 atom stereocenters. The molecule has 0 saturated heterocycles. The van der Waals surface area contributed by atoms with Crippen LogP contribution in [0.3, 0.4) is 0 Å². The van der Waals surface area contributed by atoms with Gasteiger partial charge in [-0.15, -0.1) is 11.3 Å². The number of nitrogens with zero attached hydrogens (tertiary/aromatic N) is 2. The summed E-state index contributed by atoms with van der Waals surface area (Å²) in [5.74, 6) is 1.33. The van der Waals surface area contributed by atoms with Gasteiger partial charge in [-0.05, 0) is 30.8 Å². The number of aryl methyl sites for hydroxylation is 1. The van der Waals surface area contributed by atoms with E-state index in [2.05, 4.69) is 21.6 Å². The highest BCUT2D eigenvalue weighted by Crippen LogP contribution is 2.41. The van der Waals surface area contributed by atoms with Crippen LogP contribution in [0.1, 0.15) is 18.4 Å². The molecule has 2 aromatic heterocycles. The van der Waals surface area contributed by atoms with Crippen LogP contribution in [0.2, 0.25) is 0 Å². The van der Waals surface area contributed by atoms with E-state index in [1.165, 1.54) is 18.0 Å². The van der Waals surface area contributed by atoms with Crippen LogP contribution < -0.4 is 11.1 Å². The van der Waals surface area contributed by atoms with Gasteiger partial charge in [0, 0.05) is 11.4 Å². The maximum Gasteiger partial charge on any atom is 0.148 e. The van der Waals surface area contributed by atoms with Crippen molar-refractivity contribution in [1.82, 2.24) is 9.36 Å². The molecule has 90 valence electrons. The Kier molecular flexibility index (Phi) is 2.56. The molecule has 6 heteroatoms. The number of nitrogen functional groups attached to an aromatic ring is 1. The first kappa shape index (κ1) is 11.0. The van der Waals surface area contributed by atoms with E-state index in [9.17, 15) is 0 Å². The zero-order chi connectivity index (χ0) is 12.0. The fraction of sp³-hybridized carbons (Fsp3) is 0.455. The van der Waals surface area contributed by atoms with E-state index in [1.807, 2.05) is 12.3 Å². The molecule has 4 nitrogen and oxygen atoms in total. The Morgan fingerprint density at radius 2 is 2.29 bits per heavy atom. The van der Waals surface area contributed by atoms with Crippen LogP contribution in [0.4, 0.5) is 10.8 Å². The Morgan fingerprint density at radius 3 is 2.88 bits per heavy atom. The van der Waals surface area contributed by atoms with E-state index in [1.54, 1.807) is 11.3 Å². The molecule has 1 saturated carbocycles. The van der Waals surface area contributed by atoms with Crippen molar-refractivity contribution in [2.24, 2.45) is 5.92 Å². The summed E-state index contributed by atoms with van der Waals surface area (Å²) in [6.45, 7) is 4.24. The lowest BCUT2D eigenvalue weighted by atomic mass is 10.2. The highest BCUT2D eigenvalue weighted by atomic mass is 32.1. The topological polar surface area (TPSA) is 63.8 Å². The van der Waals surface area contributed by atoms with Crippen molar-refractivity contribution in [3.8, 4) is 11.3 Å². The number of hydrogen-bond donors (Lipinski definition) is 2. The highest BCUT2D eigenvalue weighted by molar-refractivity contribution is 7.11. The lowest BCUT2D eigenvalue weighted by Gasteiger charge is -2.03. The van der Waals surface area contributed by atoms with Gasteiger partial charge in [0.2, 0.25) is 0 Å². The number of nitrogens with two attached hydrogens (primary N) is 1. The summed E-state index contributed by atoms with van der Waals surface area (Å²) in [5, 5.41) is 7.65. The molecule has 2 heterocycles. The van der Waals surface area contributed by atoms with Gasteiger partial charge in [-0.25, -0.2) is 4.98 Å². The lowest BCUT2D eigenvalue weighted by Crippen LogP contribution is -2.03. The van der Waals surface area contributed by atoms with Crippen molar-refractivity contribution in [2.45, 2.75) is 26.3 Å². The van der Waals surface area contributed by atoms with Gasteiger partial charge >= 0.3 is 0 Å². The Hall–Kier alpha value is -1.14. The number of rotatable bonds is 3. The normalized spacial score (nSPS) is 22.7. The molecule has 2 aromatic rings. The number of anilines is 2. The van der Waals surface area contributed by atoms with Crippen molar-refractivity contribution in [2.75, 3.05) is 11.1 Å². The first-order chi connectivity index (χ1) is 8.15. The second-order valence-electron chi connectivity index (χ2n) is 4.49. The van der Waals surface area contributed by atoms with Gasteiger partial charge < -0.3 is 11.1 Å². The largest absolute Gasteiger partial charge is 0.382 e. The van der Waals surface area contributed by atoms with Gasteiger partial charge in [-0.1, -0.05) is 6.92 Å². The summed E-state index contributed by atoms with van der Waals surface area (Å²) in [6, 6.07) is 0.577. The maximum atomic E-state index is 5.94.